The predicted molar refractivity (Wildman–Crippen MR) is 135 cm³/mol. The van der Waals surface area contributed by atoms with Crippen molar-refractivity contribution in [3.05, 3.63) is 88.5 Å². The van der Waals surface area contributed by atoms with Gasteiger partial charge in [0, 0.05) is 19.9 Å². The lowest BCUT2D eigenvalue weighted by atomic mass is 9.78. The van der Waals surface area contributed by atoms with Gasteiger partial charge in [0.2, 0.25) is 11.7 Å². The monoisotopic (exact) mass is 475 g/mol. The first-order chi connectivity index (χ1) is 17.4. The van der Waals surface area contributed by atoms with Crippen molar-refractivity contribution in [3.63, 3.8) is 0 Å². The minimum Gasteiger partial charge on any atom is -0.486 e. The van der Waals surface area contributed by atoms with E-state index in [-0.39, 0.29) is 0 Å². The summed E-state index contributed by atoms with van der Waals surface area (Å²) in [7, 11) is 1.76. The van der Waals surface area contributed by atoms with Crippen molar-refractivity contribution in [2.45, 2.75) is 43.4 Å². The molecule has 2 heterocycles. The summed E-state index contributed by atoms with van der Waals surface area (Å²) in [6.45, 7) is 0. The number of hydrogen-bond acceptors (Lipinski definition) is 7. The number of hydroxylamine groups is 2. The molecule has 0 radical (unpaired) electrons. The molecule has 0 aromatic heterocycles. The van der Waals surface area contributed by atoms with E-state index in [4.69, 9.17) is 20.3 Å². The smallest absolute Gasteiger partial charge is 0.222 e. The Kier molecular flexibility index (Phi) is 5.00. The maximum absolute atomic E-state index is 9.44. The molecule has 2 N–H and O–H groups in total. The molecule has 2 spiro atoms. The summed E-state index contributed by atoms with van der Waals surface area (Å²) in [4.78, 5) is 11.2. The molecule has 6 rings (SSSR count). The van der Waals surface area contributed by atoms with Crippen LogP contribution in [0.25, 0.3) is 11.1 Å². The van der Waals surface area contributed by atoms with Crippen molar-refractivity contribution in [2.75, 3.05) is 7.05 Å². The maximum Gasteiger partial charge on any atom is 0.222 e. The average molecular weight is 476 g/mol. The van der Waals surface area contributed by atoms with Crippen LogP contribution in [-0.4, -0.2) is 23.7 Å². The number of nitrogens with zero attached hydrogens (tertiary/aromatic N) is 4. The Hall–Kier alpha value is -4.33. The Labute approximate surface area is 210 Å². The first-order valence-corrected chi connectivity index (χ1v) is 12.1. The van der Waals surface area contributed by atoms with Gasteiger partial charge >= 0.3 is 0 Å². The molecule has 2 unspecified atom stereocenters. The summed E-state index contributed by atoms with van der Waals surface area (Å²) in [5, 5.41) is 20.4. The lowest BCUT2D eigenvalue weighted by Crippen LogP contribution is -2.49. The van der Waals surface area contributed by atoms with Crippen molar-refractivity contribution in [1.82, 2.24) is 5.06 Å². The molecule has 0 amide bonds. The zero-order valence-corrected chi connectivity index (χ0v) is 20.0. The van der Waals surface area contributed by atoms with Gasteiger partial charge in [-0.15, -0.1) is 0 Å². The van der Waals surface area contributed by atoms with Gasteiger partial charge in [-0.05, 0) is 71.8 Å². The van der Waals surface area contributed by atoms with E-state index in [1.807, 2.05) is 18.2 Å². The fourth-order valence-corrected chi connectivity index (χ4v) is 5.81. The number of hydrogen-bond donors (Lipinski definition) is 1. The lowest BCUT2D eigenvalue weighted by Gasteiger charge is -2.45. The Morgan fingerprint density at radius 3 is 2.42 bits per heavy atom. The van der Waals surface area contributed by atoms with Gasteiger partial charge in [0.05, 0.1) is 28.8 Å². The summed E-state index contributed by atoms with van der Waals surface area (Å²) >= 11 is 0. The molecule has 1 aliphatic carbocycles. The summed E-state index contributed by atoms with van der Waals surface area (Å²) in [5.74, 6) is 1.03. The summed E-state index contributed by atoms with van der Waals surface area (Å²) < 4.78 is 6.82. The average Bonchev–Trinajstić information content (AvgIpc) is 3.05. The number of nitrogens with two attached hydrogens (primary N) is 1. The number of aliphatic imine (C=N–C) groups is 1. The number of rotatable bonds is 1. The summed E-state index contributed by atoms with van der Waals surface area (Å²) in [6.07, 6.45) is 4.20. The number of nitriles is 2. The molecule has 3 aromatic carbocycles. The SMILES string of the molecule is CN1OC2(CC3(CCCc4ccccc4C3)Oc3ccc(-c4cc(C#N)cc(C#N)c4)cc32)N=C1N. The number of aryl methyl sites for hydroxylation is 1. The molecule has 3 aliphatic rings. The molecule has 2 aliphatic heterocycles. The van der Waals surface area contributed by atoms with Crippen LogP contribution in [0.2, 0.25) is 0 Å². The van der Waals surface area contributed by atoms with Gasteiger partial charge in [0.15, 0.2) is 0 Å². The van der Waals surface area contributed by atoms with Crippen molar-refractivity contribution in [2.24, 2.45) is 10.7 Å². The molecule has 0 fully saturated rings. The zero-order chi connectivity index (χ0) is 24.9. The highest BCUT2D eigenvalue weighted by Crippen LogP contribution is 2.53. The minimum atomic E-state index is -1.02. The van der Waals surface area contributed by atoms with Crippen LogP contribution in [-0.2, 0) is 23.4 Å². The first-order valence-electron chi connectivity index (χ1n) is 12.1. The standard InChI is InChI=1S/C29H25N5O2/c1-34-27(32)33-29(36-34)18-28(10-4-7-21-5-2-3-6-23(21)15-28)35-26-9-8-22(14-25(26)29)24-12-19(16-30)11-20(13-24)17-31/h2-3,5-6,8-9,11-14H,4,7,10,15,18H2,1H3,(H2,32,33). The Morgan fingerprint density at radius 1 is 0.972 bits per heavy atom. The van der Waals surface area contributed by atoms with Gasteiger partial charge in [-0.25, -0.2) is 14.9 Å². The van der Waals surface area contributed by atoms with Gasteiger partial charge in [-0.2, -0.15) is 10.5 Å². The van der Waals surface area contributed by atoms with Gasteiger partial charge in [-0.1, -0.05) is 30.3 Å². The lowest BCUT2D eigenvalue weighted by molar-refractivity contribution is -0.204. The summed E-state index contributed by atoms with van der Waals surface area (Å²) in [5.41, 5.74) is 10.7. The second-order valence-corrected chi connectivity index (χ2v) is 9.84. The first kappa shape index (κ1) is 22.2. The highest BCUT2D eigenvalue weighted by atomic mass is 16.7. The van der Waals surface area contributed by atoms with Crippen LogP contribution < -0.4 is 10.5 Å². The van der Waals surface area contributed by atoms with Gasteiger partial charge < -0.3 is 10.5 Å². The van der Waals surface area contributed by atoms with Crippen LogP contribution in [0.4, 0.5) is 0 Å². The van der Waals surface area contributed by atoms with E-state index in [1.54, 1.807) is 25.2 Å². The fraction of sp³-hybridized carbons (Fsp3) is 0.276. The van der Waals surface area contributed by atoms with E-state index in [0.29, 0.717) is 29.3 Å². The van der Waals surface area contributed by atoms with Crippen molar-refractivity contribution in [3.8, 4) is 29.0 Å². The van der Waals surface area contributed by atoms with Crippen LogP contribution in [0.3, 0.4) is 0 Å². The number of fused-ring (bicyclic) bond motifs is 3. The van der Waals surface area contributed by atoms with Crippen LogP contribution in [0.1, 0.15) is 47.1 Å². The molecule has 7 heteroatoms. The fourth-order valence-electron chi connectivity index (χ4n) is 5.81. The van der Waals surface area contributed by atoms with E-state index >= 15 is 0 Å². The third kappa shape index (κ3) is 3.57. The van der Waals surface area contributed by atoms with Crippen molar-refractivity contribution in [1.29, 1.82) is 10.5 Å². The van der Waals surface area contributed by atoms with Gasteiger partial charge in [-0.3, -0.25) is 0 Å². The van der Waals surface area contributed by atoms with Crippen LogP contribution >= 0.6 is 0 Å². The van der Waals surface area contributed by atoms with Crippen LogP contribution in [0.5, 0.6) is 5.75 Å². The quantitative estimate of drug-likeness (QED) is 0.554. The maximum atomic E-state index is 9.44. The van der Waals surface area contributed by atoms with Crippen molar-refractivity contribution >= 4 is 5.96 Å². The molecule has 0 saturated carbocycles. The van der Waals surface area contributed by atoms with E-state index in [2.05, 4.69) is 36.4 Å². The predicted octanol–water partition coefficient (Wildman–Crippen LogP) is 4.54. The minimum absolute atomic E-state index is 0.315. The molecular weight excluding hydrogens is 450 g/mol. The molecule has 178 valence electrons. The molecule has 0 bridgehead atoms. The second kappa shape index (κ2) is 8.12. The van der Waals surface area contributed by atoms with E-state index in [9.17, 15) is 10.5 Å². The highest BCUT2D eigenvalue weighted by Gasteiger charge is 2.54. The Bertz CT molecular complexity index is 1470. The van der Waals surface area contributed by atoms with Gasteiger partial charge in [0.25, 0.3) is 0 Å². The molecule has 3 aromatic rings. The second-order valence-electron chi connectivity index (χ2n) is 9.84. The third-order valence-electron chi connectivity index (χ3n) is 7.43. The number of guanidine groups is 1. The van der Waals surface area contributed by atoms with E-state index in [1.165, 1.54) is 16.2 Å². The van der Waals surface area contributed by atoms with Crippen LogP contribution in [0.15, 0.2) is 65.7 Å². The normalized spacial score (nSPS) is 24.2. The van der Waals surface area contributed by atoms with Gasteiger partial charge in [0.1, 0.15) is 11.4 Å². The van der Waals surface area contributed by atoms with E-state index < -0.39 is 11.3 Å². The van der Waals surface area contributed by atoms with Crippen LogP contribution in [0, 0.1) is 22.7 Å². The largest absolute Gasteiger partial charge is 0.486 e. The Balaban J connectivity index is 1.49. The van der Waals surface area contributed by atoms with E-state index in [0.717, 1.165) is 42.4 Å². The van der Waals surface area contributed by atoms with Crippen molar-refractivity contribution < 1.29 is 9.57 Å². The number of ether oxygens (including phenoxy) is 1. The molecule has 2 atom stereocenters. The molecule has 36 heavy (non-hydrogen) atoms. The summed E-state index contributed by atoms with van der Waals surface area (Å²) in [6, 6.07) is 23.9. The Morgan fingerprint density at radius 2 is 1.72 bits per heavy atom. The third-order valence-corrected chi connectivity index (χ3v) is 7.43. The topological polar surface area (TPSA) is 108 Å². The molecule has 0 saturated heterocycles. The molecule has 7 nitrogen and oxygen atoms in total. The molecular formula is C29H25N5O2. The zero-order valence-electron chi connectivity index (χ0n) is 20.0. The highest BCUT2D eigenvalue weighted by molar-refractivity contribution is 5.79. The number of benzene rings is 3.